The number of ether oxygens (including phenoxy) is 1. The minimum Gasteiger partial charge on any atom is -0.376 e. The fourth-order valence-electron chi connectivity index (χ4n) is 1.43. The van der Waals surface area contributed by atoms with Crippen molar-refractivity contribution in [3.8, 4) is 0 Å². The molecule has 1 heteroatoms. The van der Waals surface area contributed by atoms with E-state index in [1.165, 1.54) is 0 Å². The van der Waals surface area contributed by atoms with Gasteiger partial charge in [0.2, 0.25) is 0 Å². The Morgan fingerprint density at radius 2 is 1.80 bits per heavy atom. The SMILES string of the molecule is CCOC(C)(C)CC(C)C. The predicted molar refractivity (Wildman–Crippen MR) is 45.2 cm³/mol. The topological polar surface area (TPSA) is 9.23 Å². The molecule has 0 heterocycles. The zero-order chi connectivity index (χ0) is 8.20. The van der Waals surface area contributed by atoms with Crippen LogP contribution in [0.5, 0.6) is 0 Å². The van der Waals surface area contributed by atoms with Gasteiger partial charge in [-0.3, -0.25) is 0 Å². The van der Waals surface area contributed by atoms with Crippen LogP contribution in [0.2, 0.25) is 0 Å². The van der Waals surface area contributed by atoms with Crippen LogP contribution in [0.25, 0.3) is 0 Å². The normalized spacial score (nSPS) is 12.6. The van der Waals surface area contributed by atoms with Crippen molar-refractivity contribution in [2.75, 3.05) is 6.61 Å². The van der Waals surface area contributed by atoms with Crippen LogP contribution in [-0.2, 0) is 4.74 Å². The number of hydrogen-bond donors (Lipinski definition) is 0. The minimum atomic E-state index is 0.0723. The van der Waals surface area contributed by atoms with Crippen LogP contribution >= 0.6 is 0 Å². The zero-order valence-electron chi connectivity index (χ0n) is 7.90. The molecule has 0 aliphatic carbocycles. The van der Waals surface area contributed by atoms with Gasteiger partial charge in [-0.15, -0.1) is 0 Å². The van der Waals surface area contributed by atoms with Gasteiger partial charge in [-0.2, -0.15) is 0 Å². The Bertz CT molecular complexity index is 84.7. The monoisotopic (exact) mass is 144 g/mol. The summed E-state index contributed by atoms with van der Waals surface area (Å²) >= 11 is 0. The van der Waals surface area contributed by atoms with Crippen molar-refractivity contribution in [1.29, 1.82) is 0 Å². The number of rotatable bonds is 4. The van der Waals surface area contributed by atoms with Gasteiger partial charge in [0.15, 0.2) is 0 Å². The van der Waals surface area contributed by atoms with Crippen LogP contribution in [0.3, 0.4) is 0 Å². The Morgan fingerprint density at radius 1 is 1.30 bits per heavy atom. The summed E-state index contributed by atoms with van der Waals surface area (Å²) in [6, 6.07) is 0. The summed E-state index contributed by atoms with van der Waals surface area (Å²) in [7, 11) is 0. The van der Waals surface area contributed by atoms with Crippen LogP contribution in [0.1, 0.15) is 41.0 Å². The summed E-state index contributed by atoms with van der Waals surface area (Å²) in [5, 5.41) is 0. The van der Waals surface area contributed by atoms with E-state index in [4.69, 9.17) is 4.74 Å². The summed E-state index contributed by atoms with van der Waals surface area (Å²) in [4.78, 5) is 0. The highest BCUT2D eigenvalue weighted by molar-refractivity contribution is 4.69. The van der Waals surface area contributed by atoms with Crippen LogP contribution in [-0.4, -0.2) is 12.2 Å². The Morgan fingerprint density at radius 3 is 2.10 bits per heavy atom. The third-order valence-electron chi connectivity index (χ3n) is 1.43. The fourth-order valence-corrected chi connectivity index (χ4v) is 1.43. The molecule has 0 aromatic carbocycles. The van der Waals surface area contributed by atoms with E-state index >= 15 is 0 Å². The molecule has 0 radical (unpaired) electrons. The molecule has 0 saturated carbocycles. The van der Waals surface area contributed by atoms with E-state index in [-0.39, 0.29) is 5.60 Å². The molecule has 62 valence electrons. The van der Waals surface area contributed by atoms with E-state index < -0.39 is 0 Å². The van der Waals surface area contributed by atoms with Crippen molar-refractivity contribution in [3.05, 3.63) is 0 Å². The molecule has 0 bridgehead atoms. The Kier molecular flexibility index (Phi) is 3.95. The maximum Gasteiger partial charge on any atom is 0.0628 e. The van der Waals surface area contributed by atoms with Gasteiger partial charge in [0.25, 0.3) is 0 Å². The smallest absolute Gasteiger partial charge is 0.0628 e. The standard InChI is InChI=1S/C9H20O/c1-6-10-9(4,5)7-8(2)3/h8H,6-7H2,1-5H3. The van der Waals surface area contributed by atoms with Gasteiger partial charge >= 0.3 is 0 Å². The molecule has 0 aliphatic heterocycles. The molecule has 0 spiro atoms. The van der Waals surface area contributed by atoms with Crippen LogP contribution in [0.4, 0.5) is 0 Å². The highest BCUT2D eigenvalue weighted by atomic mass is 16.5. The average Bonchev–Trinajstić information content (AvgIpc) is 1.59. The van der Waals surface area contributed by atoms with E-state index in [9.17, 15) is 0 Å². The maximum atomic E-state index is 5.54. The van der Waals surface area contributed by atoms with E-state index in [1.54, 1.807) is 0 Å². The van der Waals surface area contributed by atoms with E-state index in [0.29, 0.717) is 0 Å². The molecule has 0 atom stereocenters. The quantitative estimate of drug-likeness (QED) is 0.589. The third-order valence-corrected chi connectivity index (χ3v) is 1.43. The van der Waals surface area contributed by atoms with E-state index in [2.05, 4.69) is 27.7 Å². The Balaban J connectivity index is 3.63. The molecule has 0 aliphatic rings. The third kappa shape index (κ3) is 4.80. The van der Waals surface area contributed by atoms with Crippen molar-refractivity contribution < 1.29 is 4.74 Å². The summed E-state index contributed by atoms with van der Waals surface area (Å²) in [6.45, 7) is 11.6. The highest BCUT2D eigenvalue weighted by Crippen LogP contribution is 2.19. The van der Waals surface area contributed by atoms with Crippen LogP contribution < -0.4 is 0 Å². The molecule has 0 saturated heterocycles. The molecule has 0 N–H and O–H groups in total. The summed E-state index contributed by atoms with van der Waals surface area (Å²) < 4.78 is 5.54. The first-order chi connectivity index (χ1) is 4.48. The molecular weight excluding hydrogens is 124 g/mol. The molecule has 1 nitrogen and oxygen atoms in total. The van der Waals surface area contributed by atoms with Crippen LogP contribution in [0, 0.1) is 5.92 Å². The van der Waals surface area contributed by atoms with Crippen molar-refractivity contribution >= 4 is 0 Å². The first kappa shape index (κ1) is 9.96. The molecule has 0 rings (SSSR count). The van der Waals surface area contributed by atoms with Gasteiger partial charge < -0.3 is 4.74 Å². The first-order valence-electron chi connectivity index (χ1n) is 4.12. The molecule has 0 fully saturated rings. The molecule has 0 unspecified atom stereocenters. The predicted octanol–water partition coefficient (Wildman–Crippen LogP) is 2.85. The van der Waals surface area contributed by atoms with Crippen molar-refractivity contribution in [2.24, 2.45) is 5.92 Å². The second kappa shape index (κ2) is 3.97. The van der Waals surface area contributed by atoms with Gasteiger partial charge in [-0.25, -0.2) is 0 Å². The second-order valence-electron chi connectivity index (χ2n) is 3.79. The fraction of sp³-hybridized carbons (Fsp3) is 1.00. The van der Waals surface area contributed by atoms with Crippen molar-refractivity contribution in [1.82, 2.24) is 0 Å². The van der Waals surface area contributed by atoms with Gasteiger partial charge in [0, 0.05) is 6.61 Å². The lowest BCUT2D eigenvalue weighted by Gasteiger charge is -2.26. The minimum absolute atomic E-state index is 0.0723. The largest absolute Gasteiger partial charge is 0.376 e. The van der Waals surface area contributed by atoms with Crippen molar-refractivity contribution in [3.63, 3.8) is 0 Å². The average molecular weight is 144 g/mol. The molecule has 0 aromatic rings. The Hall–Kier alpha value is -0.0400. The van der Waals surface area contributed by atoms with Gasteiger partial charge in [0.05, 0.1) is 5.60 Å². The summed E-state index contributed by atoms with van der Waals surface area (Å²) in [6.07, 6.45) is 1.14. The highest BCUT2D eigenvalue weighted by Gasteiger charge is 2.18. The van der Waals surface area contributed by atoms with E-state index in [0.717, 1.165) is 18.9 Å². The Labute approximate surface area is 64.8 Å². The van der Waals surface area contributed by atoms with Gasteiger partial charge in [0.1, 0.15) is 0 Å². The van der Waals surface area contributed by atoms with Crippen molar-refractivity contribution in [2.45, 2.75) is 46.6 Å². The lowest BCUT2D eigenvalue weighted by atomic mass is 9.96. The second-order valence-corrected chi connectivity index (χ2v) is 3.79. The first-order valence-corrected chi connectivity index (χ1v) is 4.12. The molecule has 0 aromatic heterocycles. The summed E-state index contributed by atoms with van der Waals surface area (Å²) in [5.41, 5.74) is 0.0723. The molecule has 10 heavy (non-hydrogen) atoms. The zero-order valence-corrected chi connectivity index (χ0v) is 7.90. The van der Waals surface area contributed by atoms with E-state index in [1.807, 2.05) is 6.92 Å². The van der Waals surface area contributed by atoms with Gasteiger partial charge in [-0.05, 0) is 33.1 Å². The lowest BCUT2D eigenvalue weighted by Crippen LogP contribution is -2.26. The van der Waals surface area contributed by atoms with Gasteiger partial charge in [-0.1, -0.05) is 13.8 Å². The summed E-state index contributed by atoms with van der Waals surface area (Å²) in [5.74, 6) is 0.724. The number of hydrogen-bond acceptors (Lipinski definition) is 1. The molecular formula is C9H20O. The lowest BCUT2D eigenvalue weighted by molar-refractivity contribution is -0.0243. The molecule has 0 amide bonds. The van der Waals surface area contributed by atoms with Crippen LogP contribution in [0.15, 0.2) is 0 Å². The maximum absolute atomic E-state index is 5.54.